The lowest BCUT2D eigenvalue weighted by atomic mass is 10.1. The molecule has 4 N–H and O–H groups in total. The van der Waals surface area contributed by atoms with Gasteiger partial charge in [0.15, 0.2) is 11.6 Å². The van der Waals surface area contributed by atoms with Crippen molar-refractivity contribution in [3.63, 3.8) is 0 Å². The Labute approximate surface area is 143 Å². The molecule has 0 saturated carbocycles. The first kappa shape index (κ1) is 19.4. The van der Waals surface area contributed by atoms with Crippen LogP contribution in [-0.2, 0) is 0 Å². The number of benzene rings is 2. The number of carbonyl (C=O) groups excluding carboxylic acids is 2. The number of para-hydroxylation sites is 2. The van der Waals surface area contributed by atoms with Crippen molar-refractivity contribution in [2.24, 2.45) is 0 Å². The lowest BCUT2D eigenvalue weighted by Crippen LogP contribution is -2.02. The molecule has 128 valence electrons. The van der Waals surface area contributed by atoms with Gasteiger partial charge in [-0.05, 0) is 37.1 Å². The van der Waals surface area contributed by atoms with Crippen molar-refractivity contribution >= 4 is 22.9 Å². The number of hydrogen-bond donors (Lipinski definition) is 2. The van der Waals surface area contributed by atoms with Crippen LogP contribution in [0.15, 0.2) is 48.5 Å². The zero-order valence-electron chi connectivity index (χ0n) is 14.4. The van der Waals surface area contributed by atoms with E-state index in [1.807, 2.05) is 38.1 Å². The Balaban J connectivity index is 0.000000240. The van der Waals surface area contributed by atoms with E-state index >= 15 is 0 Å². The van der Waals surface area contributed by atoms with E-state index in [1.165, 1.54) is 0 Å². The molecule has 0 radical (unpaired) electrons. The largest absolute Gasteiger partial charge is 0.398 e. The summed E-state index contributed by atoms with van der Waals surface area (Å²) in [5, 5.41) is 0. The molecule has 2 rings (SSSR count). The number of hydrogen-bond acceptors (Lipinski definition) is 4. The monoisotopic (exact) mass is 326 g/mol. The van der Waals surface area contributed by atoms with Crippen molar-refractivity contribution in [1.29, 1.82) is 0 Å². The van der Waals surface area contributed by atoms with Crippen molar-refractivity contribution in [2.45, 2.75) is 39.5 Å². The van der Waals surface area contributed by atoms with Crippen molar-refractivity contribution < 1.29 is 9.59 Å². The zero-order valence-corrected chi connectivity index (χ0v) is 14.4. The van der Waals surface area contributed by atoms with E-state index in [0.717, 1.165) is 12.8 Å². The van der Waals surface area contributed by atoms with E-state index in [2.05, 4.69) is 0 Å². The maximum Gasteiger partial charge on any atom is 0.164 e. The van der Waals surface area contributed by atoms with Crippen LogP contribution >= 0.6 is 0 Å². The SMILES string of the molecule is CCCC(=O)c1ccccc1N.CCCC(=O)c1ccccc1N. The van der Waals surface area contributed by atoms with Crippen LogP contribution < -0.4 is 11.5 Å². The number of carbonyl (C=O) groups is 2. The fourth-order valence-corrected chi connectivity index (χ4v) is 2.23. The van der Waals surface area contributed by atoms with E-state index in [-0.39, 0.29) is 11.6 Å². The maximum absolute atomic E-state index is 11.4. The average Bonchev–Trinajstić information content (AvgIpc) is 2.56. The van der Waals surface area contributed by atoms with Gasteiger partial charge in [-0.15, -0.1) is 0 Å². The summed E-state index contributed by atoms with van der Waals surface area (Å²) in [5.74, 6) is 0.270. The van der Waals surface area contributed by atoms with Gasteiger partial charge in [-0.1, -0.05) is 38.1 Å². The Morgan fingerprint density at radius 1 is 0.708 bits per heavy atom. The number of anilines is 2. The molecule has 0 aliphatic heterocycles. The Morgan fingerprint density at radius 3 is 1.33 bits per heavy atom. The summed E-state index contributed by atoms with van der Waals surface area (Å²) in [5.41, 5.74) is 13.7. The summed E-state index contributed by atoms with van der Waals surface area (Å²) >= 11 is 0. The lowest BCUT2D eigenvalue weighted by molar-refractivity contribution is 0.0974. The van der Waals surface area contributed by atoms with Gasteiger partial charge in [0.2, 0.25) is 0 Å². The molecule has 2 aromatic rings. The van der Waals surface area contributed by atoms with Gasteiger partial charge in [0.05, 0.1) is 0 Å². The third-order valence-electron chi connectivity index (χ3n) is 3.48. The Morgan fingerprint density at radius 2 is 1.04 bits per heavy atom. The second-order valence-electron chi connectivity index (χ2n) is 5.52. The molecule has 0 spiro atoms. The second-order valence-corrected chi connectivity index (χ2v) is 5.52. The summed E-state index contributed by atoms with van der Waals surface area (Å²) in [4.78, 5) is 22.8. The number of nitrogen functional groups attached to an aromatic ring is 2. The fourth-order valence-electron chi connectivity index (χ4n) is 2.23. The molecule has 0 bridgehead atoms. The van der Waals surface area contributed by atoms with Crippen LogP contribution in [-0.4, -0.2) is 11.6 Å². The first-order valence-electron chi connectivity index (χ1n) is 8.26. The Bertz CT molecular complexity index is 621. The van der Waals surface area contributed by atoms with Crippen molar-refractivity contribution in [3.05, 3.63) is 59.7 Å². The van der Waals surface area contributed by atoms with Gasteiger partial charge in [0, 0.05) is 35.3 Å². The van der Waals surface area contributed by atoms with Gasteiger partial charge in [-0.3, -0.25) is 9.59 Å². The highest BCUT2D eigenvalue weighted by Crippen LogP contribution is 2.14. The van der Waals surface area contributed by atoms with E-state index in [9.17, 15) is 9.59 Å². The molecule has 0 unspecified atom stereocenters. The van der Waals surface area contributed by atoms with E-state index in [1.54, 1.807) is 24.3 Å². The van der Waals surface area contributed by atoms with Crippen LogP contribution in [0, 0.1) is 0 Å². The summed E-state index contributed by atoms with van der Waals surface area (Å²) < 4.78 is 0. The van der Waals surface area contributed by atoms with Crippen LogP contribution in [0.3, 0.4) is 0 Å². The first-order valence-corrected chi connectivity index (χ1v) is 8.26. The van der Waals surface area contributed by atoms with E-state index < -0.39 is 0 Å². The Hall–Kier alpha value is -2.62. The molecule has 0 saturated heterocycles. The lowest BCUT2D eigenvalue weighted by Gasteiger charge is -2.01. The van der Waals surface area contributed by atoms with Gasteiger partial charge in [0.1, 0.15) is 0 Å². The first-order chi connectivity index (χ1) is 11.5. The molecule has 0 fully saturated rings. The number of ketones is 2. The highest BCUT2D eigenvalue weighted by molar-refractivity contribution is 6.01. The summed E-state index contributed by atoms with van der Waals surface area (Å²) in [6.45, 7) is 3.97. The molecule has 0 atom stereocenters. The van der Waals surface area contributed by atoms with Crippen LogP contribution in [0.2, 0.25) is 0 Å². The molecule has 0 aromatic heterocycles. The summed E-state index contributed by atoms with van der Waals surface area (Å²) in [6.07, 6.45) is 2.89. The molecule has 0 aliphatic rings. The highest BCUT2D eigenvalue weighted by atomic mass is 16.1. The van der Waals surface area contributed by atoms with Crippen LogP contribution in [0.5, 0.6) is 0 Å². The average molecular weight is 326 g/mol. The third kappa shape index (κ3) is 5.88. The Kier molecular flexibility index (Phi) is 8.26. The molecule has 0 heterocycles. The van der Waals surface area contributed by atoms with E-state index in [0.29, 0.717) is 35.3 Å². The normalized spacial score (nSPS) is 9.75. The quantitative estimate of drug-likeness (QED) is 0.604. The number of rotatable bonds is 6. The number of nitrogens with two attached hydrogens (primary N) is 2. The van der Waals surface area contributed by atoms with E-state index in [4.69, 9.17) is 11.5 Å². The van der Waals surface area contributed by atoms with Crippen LogP contribution in [0.4, 0.5) is 11.4 Å². The standard InChI is InChI=1S/2C10H13NO/c2*1-2-5-10(12)8-6-3-4-7-9(8)11/h2*3-4,6-7H,2,5,11H2,1H3. The predicted molar refractivity (Wildman–Crippen MR) is 100 cm³/mol. The number of Topliss-reactive ketones (excluding diaryl/α,β-unsaturated/α-hetero) is 2. The van der Waals surface area contributed by atoms with Crippen molar-refractivity contribution in [3.8, 4) is 0 Å². The topological polar surface area (TPSA) is 86.2 Å². The minimum Gasteiger partial charge on any atom is -0.398 e. The molecule has 4 nitrogen and oxygen atoms in total. The molecule has 0 amide bonds. The van der Waals surface area contributed by atoms with Crippen LogP contribution in [0.25, 0.3) is 0 Å². The zero-order chi connectivity index (χ0) is 17.9. The molecule has 4 heteroatoms. The fraction of sp³-hybridized carbons (Fsp3) is 0.300. The highest BCUT2D eigenvalue weighted by Gasteiger charge is 2.07. The molecule has 2 aromatic carbocycles. The van der Waals surface area contributed by atoms with Gasteiger partial charge in [-0.2, -0.15) is 0 Å². The summed E-state index contributed by atoms with van der Waals surface area (Å²) in [6, 6.07) is 14.4. The molecular formula is C20H26N2O2. The van der Waals surface area contributed by atoms with Gasteiger partial charge < -0.3 is 11.5 Å². The van der Waals surface area contributed by atoms with Gasteiger partial charge in [-0.25, -0.2) is 0 Å². The summed E-state index contributed by atoms with van der Waals surface area (Å²) in [7, 11) is 0. The molecule has 0 aliphatic carbocycles. The minimum atomic E-state index is 0.135. The van der Waals surface area contributed by atoms with Crippen LogP contribution in [0.1, 0.15) is 60.2 Å². The molecule has 24 heavy (non-hydrogen) atoms. The smallest absolute Gasteiger partial charge is 0.164 e. The van der Waals surface area contributed by atoms with Gasteiger partial charge >= 0.3 is 0 Å². The van der Waals surface area contributed by atoms with Gasteiger partial charge in [0.25, 0.3) is 0 Å². The van der Waals surface area contributed by atoms with Crippen molar-refractivity contribution in [1.82, 2.24) is 0 Å². The molecular weight excluding hydrogens is 300 g/mol. The third-order valence-corrected chi connectivity index (χ3v) is 3.48. The van der Waals surface area contributed by atoms with Crippen molar-refractivity contribution in [2.75, 3.05) is 11.5 Å². The maximum atomic E-state index is 11.4. The minimum absolute atomic E-state index is 0.135. The predicted octanol–water partition coefficient (Wildman–Crippen LogP) is 4.50. The second kappa shape index (κ2) is 10.2.